The van der Waals surface area contributed by atoms with E-state index in [0.717, 1.165) is 22.3 Å². The molecule has 0 spiro atoms. The van der Waals surface area contributed by atoms with E-state index in [-0.39, 0.29) is 5.54 Å². The van der Waals surface area contributed by atoms with Gasteiger partial charge < -0.3 is 5.32 Å². The normalized spacial score (nSPS) is 14.1. The quantitative estimate of drug-likeness (QED) is 0.849. The minimum atomic E-state index is -0.328. The molecule has 2 nitrogen and oxygen atoms in total. The zero-order valence-electron chi connectivity index (χ0n) is 9.26. The smallest absolute Gasteiger partial charge is 0.130 e. The third-order valence-electron chi connectivity index (χ3n) is 2.46. The third kappa shape index (κ3) is 2.97. The van der Waals surface area contributed by atoms with Crippen molar-refractivity contribution < 1.29 is 0 Å². The molecule has 1 rings (SSSR count). The lowest BCUT2D eigenvalue weighted by Gasteiger charge is -2.25. The molecule has 0 radical (unpaired) electrons. The number of aryl methyl sites for hydroxylation is 1. The number of aromatic nitrogens is 1. The molecule has 0 saturated heterocycles. The Balaban J connectivity index is 2.95. The van der Waals surface area contributed by atoms with Gasteiger partial charge in [0.05, 0.1) is 5.54 Å². The average Bonchev–Trinajstić information content (AvgIpc) is 2.22. The first-order chi connectivity index (χ1) is 7.00. The Morgan fingerprint density at radius 2 is 2.33 bits per heavy atom. The van der Waals surface area contributed by atoms with Crippen molar-refractivity contribution in [2.24, 2.45) is 0 Å². The number of nitrogens with zero attached hydrogens (tertiary/aromatic N) is 1. The summed E-state index contributed by atoms with van der Waals surface area (Å²) in [6.45, 7) is 6.06. The van der Waals surface area contributed by atoms with Gasteiger partial charge in [-0.05, 0) is 47.8 Å². The van der Waals surface area contributed by atoms with E-state index in [2.05, 4.69) is 39.1 Å². The molecule has 1 unspecified atom stereocenters. The summed E-state index contributed by atoms with van der Waals surface area (Å²) in [5.41, 5.74) is 0.755. The van der Waals surface area contributed by atoms with E-state index in [0.29, 0.717) is 0 Å². The third-order valence-corrected chi connectivity index (χ3v) is 2.90. The van der Waals surface area contributed by atoms with Crippen molar-refractivity contribution >= 4 is 21.7 Å². The molecule has 15 heavy (non-hydrogen) atoms. The van der Waals surface area contributed by atoms with E-state index in [9.17, 15) is 0 Å². The maximum absolute atomic E-state index is 5.50. The molecule has 0 aromatic carbocycles. The van der Waals surface area contributed by atoms with Crippen LogP contribution in [0.3, 0.4) is 0 Å². The molecular formula is C12H15BrN2. The molecule has 0 aliphatic carbocycles. The van der Waals surface area contributed by atoms with Crippen LogP contribution in [-0.2, 0) is 0 Å². The summed E-state index contributed by atoms with van der Waals surface area (Å²) < 4.78 is 0.976. The first kappa shape index (κ1) is 12.1. The highest BCUT2D eigenvalue weighted by Gasteiger charge is 2.19. The summed E-state index contributed by atoms with van der Waals surface area (Å²) in [6, 6.07) is 2.02. The monoisotopic (exact) mass is 266 g/mol. The Hall–Kier alpha value is -1.01. The second-order valence-corrected chi connectivity index (χ2v) is 4.69. The summed E-state index contributed by atoms with van der Waals surface area (Å²) in [5.74, 6) is 3.60. The minimum absolute atomic E-state index is 0.328. The lowest BCUT2D eigenvalue weighted by atomic mass is 10.00. The lowest BCUT2D eigenvalue weighted by Crippen LogP contribution is -2.32. The summed E-state index contributed by atoms with van der Waals surface area (Å²) in [6.07, 6.45) is 8.12. The number of anilines is 1. The summed E-state index contributed by atoms with van der Waals surface area (Å²) in [5, 5.41) is 3.28. The Labute approximate surface area is 99.6 Å². The van der Waals surface area contributed by atoms with Crippen molar-refractivity contribution in [2.45, 2.75) is 32.7 Å². The van der Waals surface area contributed by atoms with Gasteiger partial charge >= 0.3 is 0 Å². The van der Waals surface area contributed by atoms with E-state index < -0.39 is 0 Å². The van der Waals surface area contributed by atoms with E-state index in [4.69, 9.17) is 6.42 Å². The second-order valence-electron chi connectivity index (χ2n) is 3.77. The molecule has 0 amide bonds. The molecule has 1 aromatic heterocycles. The predicted molar refractivity (Wildman–Crippen MR) is 67.8 cm³/mol. The van der Waals surface area contributed by atoms with Crippen LogP contribution in [0.4, 0.5) is 5.82 Å². The largest absolute Gasteiger partial charge is 0.354 e. The Bertz CT molecular complexity index is 395. The Morgan fingerprint density at radius 3 is 2.80 bits per heavy atom. The molecule has 0 aliphatic heterocycles. The maximum atomic E-state index is 5.50. The van der Waals surface area contributed by atoms with Crippen molar-refractivity contribution in [1.29, 1.82) is 0 Å². The molecule has 1 aromatic rings. The summed E-state index contributed by atoms with van der Waals surface area (Å²) >= 11 is 3.38. The molecule has 1 N–H and O–H groups in total. The molecule has 0 fully saturated rings. The number of rotatable bonds is 3. The highest BCUT2D eigenvalue weighted by molar-refractivity contribution is 9.10. The predicted octanol–water partition coefficient (Wildman–Crippen LogP) is 3.37. The lowest BCUT2D eigenvalue weighted by molar-refractivity contribution is 0.631. The fourth-order valence-corrected chi connectivity index (χ4v) is 1.60. The van der Waals surface area contributed by atoms with Crippen molar-refractivity contribution in [3.63, 3.8) is 0 Å². The van der Waals surface area contributed by atoms with Crippen LogP contribution in [0.1, 0.15) is 25.8 Å². The fraction of sp³-hybridized carbons (Fsp3) is 0.417. The van der Waals surface area contributed by atoms with Gasteiger partial charge in [-0.3, -0.25) is 0 Å². The first-order valence-corrected chi connectivity index (χ1v) is 5.68. The molecule has 1 atom stereocenters. The first-order valence-electron chi connectivity index (χ1n) is 4.89. The molecule has 0 aliphatic rings. The van der Waals surface area contributed by atoms with Gasteiger partial charge in [0.2, 0.25) is 0 Å². The number of hydrogen-bond donors (Lipinski definition) is 1. The van der Waals surface area contributed by atoms with Crippen LogP contribution < -0.4 is 5.32 Å². The van der Waals surface area contributed by atoms with Crippen molar-refractivity contribution in [3.05, 3.63) is 22.3 Å². The van der Waals surface area contributed by atoms with Crippen LogP contribution in [0, 0.1) is 19.3 Å². The molecule has 0 bridgehead atoms. The van der Waals surface area contributed by atoms with Crippen LogP contribution in [0.2, 0.25) is 0 Å². The number of terminal acetylenes is 1. The SMILES string of the molecule is C#CC(C)(CC)Nc1ncc(Br)cc1C. The van der Waals surface area contributed by atoms with Crippen molar-refractivity contribution in [3.8, 4) is 12.3 Å². The molecule has 0 saturated carbocycles. The van der Waals surface area contributed by atoms with Crippen LogP contribution in [0.25, 0.3) is 0 Å². The van der Waals surface area contributed by atoms with Crippen LogP contribution in [-0.4, -0.2) is 10.5 Å². The van der Waals surface area contributed by atoms with E-state index in [1.165, 1.54) is 0 Å². The molecule has 3 heteroatoms. The number of halogens is 1. The molecule has 80 valence electrons. The summed E-state index contributed by atoms with van der Waals surface area (Å²) in [7, 11) is 0. The van der Waals surface area contributed by atoms with E-state index >= 15 is 0 Å². The van der Waals surface area contributed by atoms with Gasteiger partial charge in [-0.15, -0.1) is 6.42 Å². The second kappa shape index (κ2) is 4.67. The number of hydrogen-bond acceptors (Lipinski definition) is 2. The van der Waals surface area contributed by atoms with Crippen LogP contribution in [0.15, 0.2) is 16.7 Å². The molecule has 1 heterocycles. The van der Waals surface area contributed by atoms with Gasteiger partial charge in [-0.25, -0.2) is 4.98 Å². The number of nitrogens with one attached hydrogen (secondary N) is 1. The Kier molecular flexibility index (Phi) is 3.76. The van der Waals surface area contributed by atoms with Crippen molar-refractivity contribution in [1.82, 2.24) is 4.98 Å². The van der Waals surface area contributed by atoms with Crippen LogP contribution >= 0.6 is 15.9 Å². The van der Waals surface area contributed by atoms with Crippen molar-refractivity contribution in [2.75, 3.05) is 5.32 Å². The van der Waals surface area contributed by atoms with Gasteiger partial charge in [0.15, 0.2) is 0 Å². The van der Waals surface area contributed by atoms with Gasteiger partial charge in [0.1, 0.15) is 5.82 Å². The maximum Gasteiger partial charge on any atom is 0.130 e. The highest BCUT2D eigenvalue weighted by atomic mass is 79.9. The van der Waals surface area contributed by atoms with Gasteiger partial charge in [0.25, 0.3) is 0 Å². The van der Waals surface area contributed by atoms with Crippen LogP contribution in [0.5, 0.6) is 0 Å². The van der Waals surface area contributed by atoms with Gasteiger partial charge in [-0.2, -0.15) is 0 Å². The zero-order chi connectivity index (χ0) is 11.5. The zero-order valence-corrected chi connectivity index (χ0v) is 10.9. The summed E-state index contributed by atoms with van der Waals surface area (Å²) in [4.78, 5) is 4.31. The highest BCUT2D eigenvalue weighted by Crippen LogP contribution is 2.21. The number of pyridine rings is 1. The average molecular weight is 267 g/mol. The fourth-order valence-electron chi connectivity index (χ4n) is 1.16. The van der Waals surface area contributed by atoms with Gasteiger partial charge in [0, 0.05) is 10.7 Å². The Morgan fingerprint density at radius 1 is 1.67 bits per heavy atom. The van der Waals surface area contributed by atoms with Gasteiger partial charge in [-0.1, -0.05) is 12.8 Å². The molecular weight excluding hydrogens is 252 g/mol. The topological polar surface area (TPSA) is 24.9 Å². The van der Waals surface area contributed by atoms with E-state index in [1.807, 2.05) is 19.9 Å². The van der Waals surface area contributed by atoms with E-state index in [1.54, 1.807) is 6.20 Å². The standard InChI is InChI=1S/C12H15BrN2/c1-5-12(4,6-2)15-11-9(3)7-10(13)8-14-11/h1,7-8H,6H2,2-4H3,(H,14,15). The minimum Gasteiger partial charge on any atom is -0.354 e.